The first-order valence-electron chi connectivity index (χ1n) is 8.96. The predicted molar refractivity (Wildman–Crippen MR) is 115 cm³/mol. The summed E-state index contributed by atoms with van der Waals surface area (Å²) < 4.78 is 26.1. The third-order valence-electron chi connectivity index (χ3n) is 4.10. The van der Waals surface area contributed by atoms with Crippen LogP contribution in [0.3, 0.4) is 0 Å². The number of carbonyl (C=O) groups is 1. The first-order valence-corrected chi connectivity index (χ1v) is 9.37. The molecule has 3 rings (SSSR count). The average molecular weight is 411 g/mol. The number of rotatable bonds is 6. The largest absolute Gasteiger partial charge is 0.362 e. The lowest BCUT2D eigenvalue weighted by molar-refractivity contribution is 0.102. The molecule has 0 aliphatic rings. The smallest absolute Gasteiger partial charge is 0.255 e. The molecule has 0 saturated heterocycles. The highest BCUT2D eigenvalue weighted by atomic mass is 32.1. The highest BCUT2D eigenvalue weighted by Gasteiger charge is 2.07. The molecule has 0 unspecified atom stereocenters. The summed E-state index contributed by atoms with van der Waals surface area (Å²) in [5, 5.41) is 9.32. The maximum absolute atomic E-state index is 13.2. The molecule has 0 heterocycles. The van der Waals surface area contributed by atoms with Crippen molar-refractivity contribution in [2.24, 2.45) is 0 Å². The fraction of sp³-hybridized carbons (Fsp3) is 0.0909. The summed E-state index contributed by atoms with van der Waals surface area (Å²) in [5.41, 5.74) is 2.60. The maximum atomic E-state index is 13.2. The van der Waals surface area contributed by atoms with E-state index in [1.165, 1.54) is 30.3 Å². The first kappa shape index (κ1) is 20.4. The van der Waals surface area contributed by atoms with Gasteiger partial charge in [-0.3, -0.25) is 4.79 Å². The maximum Gasteiger partial charge on any atom is 0.255 e. The molecule has 0 bridgehead atoms. The molecule has 3 aromatic carbocycles. The number of hydrogen-bond donors (Lipinski definition) is 3. The number of amides is 1. The van der Waals surface area contributed by atoms with Crippen LogP contribution in [0.4, 0.5) is 20.2 Å². The van der Waals surface area contributed by atoms with Crippen LogP contribution in [-0.4, -0.2) is 17.6 Å². The van der Waals surface area contributed by atoms with Crippen molar-refractivity contribution in [2.45, 2.75) is 6.42 Å². The fourth-order valence-corrected chi connectivity index (χ4v) is 2.84. The Morgan fingerprint density at radius 2 is 1.48 bits per heavy atom. The van der Waals surface area contributed by atoms with Gasteiger partial charge in [0.2, 0.25) is 0 Å². The van der Waals surface area contributed by atoms with E-state index in [0.29, 0.717) is 23.8 Å². The Morgan fingerprint density at radius 1 is 0.828 bits per heavy atom. The van der Waals surface area contributed by atoms with Gasteiger partial charge in [0.15, 0.2) is 5.11 Å². The summed E-state index contributed by atoms with van der Waals surface area (Å²) in [4.78, 5) is 12.1. The zero-order valence-electron chi connectivity index (χ0n) is 15.4. The van der Waals surface area contributed by atoms with Crippen LogP contribution in [0, 0.1) is 11.6 Å². The molecule has 1 amide bonds. The summed E-state index contributed by atoms with van der Waals surface area (Å²) in [6, 6.07) is 18.8. The van der Waals surface area contributed by atoms with Gasteiger partial charge < -0.3 is 16.0 Å². The van der Waals surface area contributed by atoms with Crippen molar-refractivity contribution in [2.75, 3.05) is 17.2 Å². The summed E-state index contributed by atoms with van der Waals surface area (Å²) in [7, 11) is 0. The van der Waals surface area contributed by atoms with Crippen LogP contribution in [0.5, 0.6) is 0 Å². The van der Waals surface area contributed by atoms with E-state index >= 15 is 0 Å². The topological polar surface area (TPSA) is 53.2 Å². The number of hydrogen-bond acceptors (Lipinski definition) is 2. The third-order valence-corrected chi connectivity index (χ3v) is 4.35. The van der Waals surface area contributed by atoms with Crippen molar-refractivity contribution in [3.8, 4) is 0 Å². The van der Waals surface area contributed by atoms with Crippen LogP contribution in [0.1, 0.15) is 15.9 Å². The van der Waals surface area contributed by atoms with Crippen LogP contribution in [0.2, 0.25) is 0 Å². The van der Waals surface area contributed by atoms with E-state index in [9.17, 15) is 13.6 Å². The third kappa shape index (κ3) is 6.36. The normalized spacial score (nSPS) is 10.3. The summed E-state index contributed by atoms with van der Waals surface area (Å²) in [6.45, 7) is 0.610. The quantitative estimate of drug-likeness (QED) is 0.513. The minimum absolute atomic E-state index is 0.249. The molecule has 0 aliphatic heterocycles. The number of benzene rings is 3. The molecule has 7 heteroatoms. The van der Waals surface area contributed by atoms with Gasteiger partial charge >= 0.3 is 0 Å². The van der Waals surface area contributed by atoms with Crippen LogP contribution >= 0.6 is 12.2 Å². The van der Waals surface area contributed by atoms with Crippen LogP contribution in [0.15, 0.2) is 72.8 Å². The van der Waals surface area contributed by atoms with Crippen LogP contribution in [0.25, 0.3) is 0 Å². The lowest BCUT2D eigenvalue weighted by Gasteiger charge is -2.11. The minimum Gasteiger partial charge on any atom is -0.362 e. The standard InChI is InChI=1S/C22H19F2N3OS/c23-17-6-4-15(5-7-17)12-13-25-22(29)27-20-10-8-19(9-11-20)26-21(28)16-2-1-3-18(24)14-16/h1-11,14H,12-13H2,(H,26,28)(H2,25,27,29). The molecule has 29 heavy (non-hydrogen) atoms. The monoisotopic (exact) mass is 411 g/mol. The van der Waals surface area contributed by atoms with E-state index in [2.05, 4.69) is 16.0 Å². The van der Waals surface area contributed by atoms with Crippen LogP contribution in [-0.2, 0) is 6.42 Å². The molecule has 0 spiro atoms. The number of anilines is 2. The van der Waals surface area contributed by atoms with E-state index in [4.69, 9.17) is 12.2 Å². The van der Waals surface area contributed by atoms with E-state index in [1.807, 2.05) is 0 Å². The Labute approximate surface area is 173 Å². The lowest BCUT2D eigenvalue weighted by atomic mass is 10.1. The lowest BCUT2D eigenvalue weighted by Crippen LogP contribution is -2.30. The minimum atomic E-state index is -0.461. The van der Waals surface area contributed by atoms with E-state index in [0.717, 1.165) is 11.3 Å². The van der Waals surface area contributed by atoms with Gasteiger partial charge in [0.05, 0.1) is 0 Å². The molecule has 3 aromatic rings. The molecular formula is C22H19F2N3OS. The zero-order valence-corrected chi connectivity index (χ0v) is 16.2. The highest BCUT2D eigenvalue weighted by molar-refractivity contribution is 7.80. The van der Waals surface area contributed by atoms with Gasteiger partial charge in [0, 0.05) is 23.5 Å². The van der Waals surface area contributed by atoms with Crippen molar-refractivity contribution >= 4 is 34.6 Å². The Hall–Kier alpha value is -3.32. The molecule has 0 radical (unpaired) electrons. The summed E-state index contributed by atoms with van der Waals surface area (Å²) in [6.07, 6.45) is 0.715. The molecule has 0 fully saturated rings. The predicted octanol–water partition coefficient (Wildman–Crippen LogP) is 4.75. The van der Waals surface area contributed by atoms with Crippen molar-refractivity contribution in [1.29, 1.82) is 0 Å². The van der Waals surface area contributed by atoms with Crippen LogP contribution < -0.4 is 16.0 Å². The Bertz CT molecular complexity index is 992. The number of halogens is 2. The van der Waals surface area contributed by atoms with E-state index in [1.54, 1.807) is 42.5 Å². The van der Waals surface area contributed by atoms with Gasteiger partial charge in [-0.2, -0.15) is 0 Å². The van der Waals surface area contributed by atoms with Gasteiger partial charge in [0.25, 0.3) is 5.91 Å². The SMILES string of the molecule is O=C(Nc1ccc(NC(=S)NCCc2ccc(F)cc2)cc1)c1cccc(F)c1. The average Bonchev–Trinajstić information content (AvgIpc) is 2.71. The molecule has 0 aliphatic carbocycles. The second kappa shape index (κ2) is 9.75. The van der Waals surface area contributed by atoms with Gasteiger partial charge in [-0.05, 0) is 78.8 Å². The highest BCUT2D eigenvalue weighted by Crippen LogP contribution is 2.15. The number of carbonyl (C=O) groups excluding carboxylic acids is 1. The van der Waals surface area contributed by atoms with Gasteiger partial charge in [0.1, 0.15) is 11.6 Å². The molecule has 0 saturated carbocycles. The van der Waals surface area contributed by atoms with Crippen molar-refractivity contribution < 1.29 is 13.6 Å². The second-order valence-electron chi connectivity index (χ2n) is 6.30. The van der Waals surface area contributed by atoms with E-state index in [-0.39, 0.29) is 17.3 Å². The summed E-state index contributed by atoms with van der Waals surface area (Å²) >= 11 is 5.26. The van der Waals surface area contributed by atoms with Gasteiger partial charge in [-0.25, -0.2) is 8.78 Å². The molecule has 148 valence electrons. The van der Waals surface area contributed by atoms with Gasteiger partial charge in [-0.15, -0.1) is 0 Å². The first-order chi connectivity index (χ1) is 14.0. The second-order valence-corrected chi connectivity index (χ2v) is 6.71. The zero-order chi connectivity index (χ0) is 20.6. The van der Waals surface area contributed by atoms with Crippen molar-refractivity contribution in [3.05, 3.63) is 95.6 Å². The van der Waals surface area contributed by atoms with Crippen molar-refractivity contribution in [1.82, 2.24) is 5.32 Å². The Balaban J connectivity index is 1.46. The van der Waals surface area contributed by atoms with Gasteiger partial charge in [-0.1, -0.05) is 18.2 Å². The fourth-order valence-electron chi connectivity index (χ4n) is 2.62. The molecular weight excluding hydrogens is 392 g/mol. The Kier molecular flexibility index (Phi) is 6.86. The number of nitrogens with one attached hydrogen (secondary N) is 3. The molecule has 0 atom stereocenters. The molecule has 0 aromatic heterocycles. The number of thiocarbonyl (C=S) groups is 1. The summed E-state index contributed by atoms with van der Waals surface area (Å²) in [5.74, 6) is -1.10. The Morgan fingerprint density at radius 3 is 2.14 bits per heavy atom. The molecule has 3 N–H and O–H groups in total. The molecule has 4 nitrogen and oxygen atoms in total. The van der Waals surface area contributed by atoms with Crippen molar-refractivity contribution in [3.63, 3.8) is 0 Å². The van der Waals surface area contributed by atoms with E-state index < -0.39 is 5.82 Å².